The number of carbonyl (C=O) groups is 2. The first-order valence-electron chi connectivity index (χ1n) is 6.37. The lowest BCUT2D eigenvalue weighted by Crippen LogP contribution is -2.47. The molecule has 1 aliphatic rings. The number of nitrogens with one attached hydrogen (secondary N) is 2. The molecule has 0 radical (unpaired) electrons. The molecule has 1 aromatic rings. The lowest BCUT2D eigenvalue weighted by molar-refractivity contribution is -0.154. The van der Waals surface area contributed by atoms with Crippen molar-refractivity contribution in [1.29, 1.82) is 0 Å². The van der Waals surface area contributed by atoms with Gasteiger partial charge in [0.2, 0.25) is 0 Å². The first kappa shape index (κ1) is 14.3. The zero-order valence-corrected chi connectivity index (χ0v) is 11.3. The van der Waals surface area contributed by atoms with Gasteiger partial charge in [-0.3, -0.25) is 14.8 Å². The van der Waals surface area contributed by atoms with E-state index in [1.165, 1.54) is 0 Å². The third-order valence-corrected chi connectivity index (χ3v) is 3.45. The van der Waals surface area contributed by atoms with Crippen LogP contribution in [0.1, 0.15) is 12.8 Å². The molecule has 1 aliphatic heterocycles. The summed E-state index contributed by atoms with van der Waals surface area (Å²) >= 11 is 0. The number of nitrogens with zero attached hydrogens (tertiary/aromatic N) is 2. The molecular formula is C12H18N4O4. The summed E-state index contributed by atoms with van der Waals surface area (Å²) in [6.45, 7) is 0.871. The van der Waals surface area contributed by atoms with Crippen LogP contribution >= 0.6 is 0 Å². The van der Waals surface area contributed by atoms with Gasteiger partial charge in [0.25, 0.3) is 0 Å². The molecule has 1 aromatic heterocycles. The van der Waals surface area contributed by atoms with Crippen molar-refractivity contribution in [3.05, 3.63) is 12.3 Å². The summed E-state index contributed by atoms with van der Waals surface area (Å²) in [7, 11) is 1.74. The predicted molar refractivity (Wildman–Crippen MR) is 70.4 cm³/mol. The molecule has 20 heavy (non-hydrogen) atoms. The average molecular weight is 282 g/mol. The van der Waals surface area contributed by atoms with Gasteiger partial charge in [0, 0.05) is 39.1 Å². The zero-order chi connectivity index (χ0) is 14.6. The minimum atomic E-state index is -0.945. The molecule has 0 aromatic carbocycles. The van der Waals surface area contributed by atoms with E-state index in [4.69, 9.17) is 4.74 Å². The molecule has 8 heteroatoms. The number of aliphatic carboxylic acids is 1. The predicted octanol–water partition coefficient (Wildman–Crippen LogP) is 0.423. The first-order chi connectivity index (χ1) is 9.52. The number of carboxylic acid groups (broad SMARTS) is 1. The number of rotatable bonds is 4. The molecule has 110 valence electrons. The van der Waals surface area contributed by atoms with Crippen molar-refractivity contribution in [2.75, 3.05) is 25.1 Å². The molecule has 0 aliphatic carbocycles. The van der Waals surface area contributed by atoms with Crippen LogP contribution in [0.15, 0.2) is 12.3 Å². The molecule has 0 bridgehead atoms. The molecule has 1 saturated heterocycles. The zero-order valence-electron chi connectivity index (χ0n) is 11.3. The summed E-state index contributed by atoms with van der Waals surface area (Å²) in [5.74, 6) is -0.486. The topological polar surface area (TPSA) is 105 Å². The third-order valence-electron chi connectivity index (χ3n) is 3.45. The van der Waals surface area contributed by atoms with Gasteiger partial charge in [-0.2, -0.15) is 5.10 Å². The van der Waals surface area contributed by atoms with Crippen molar-refractivity contribution in [1.82, 2.24) is 15.1 Å². The van der Waals surface area contributed by atoms with Crippen molar-refractivity contribution in [2.45, 2.75) is 12.8 Å². The Bertz CT molecular complexity index is 493. The van der Waals surface area contributed by atoms with Crippen molar-refractivity contribution >= 4 is 17.8 Å². The lowest BCUT2D eigenvalue weighted by Gasteiger charge is -2.33. The number of anilines is 1. The average Bonchev–Trinajstić information content (AvgIpc) is 2.83. The van der Waals surface area contributed by atoms with Crippen LogP contribution in [0.25, 0.3) is 0 Å². The maximum absolute atomic E-state index is 11.7. The van der Waals surface area contributed by atoms with Crippen molar-refractivity contribution in [2.24, 2.45) is 12.5 Å². The van der Waals surface area contributed by atoms with Crippen LogP contribution in [0, 0.1) is 5.41 Å². The molecule has 2 rings (SSSR count). The molecule has 0 unspecified atom stereocenters. The van der Waals surface area contributed by atoms with Crippen molar-refractivity contribution in [3.63, 3.8) is 0 Å². The van der Waals surface area contributed by atoms with Crippen LogP contribution in [0.4, 0.5) is 10.6 Å². The summed E-state index contributed by atoms with van der Waals surface area (Å²) in [6, 6.07) is 1.19. The van der Waals surface area contributed by atoms with E-state index in [1.807, 2.05) is 0 Å². The van der Waals surface area contributed by atoms with Crippen LogP contribution in [0.3, 0.4) is 0 Å². The second kappa shape index (κ2) is 5.91. The Labute approximate surface area is 116 Å². The molecule has 0 saturated carbocycles. The van der Waals surface area contributed by atoms with Gasteiger partial charge in [0.1, 0.15) is 0 Å². The Morgan fingerprint density at radius 3 is 2.75 bits per heavy atom. The fourth-order valence-electron chi connectivity index (χ4n) is 2.12. The van der Waals surface area contributed by atoms with Gasteiger partial charge in [-0.1, -0.05) is 0 Å². The molecule has 8 nitrogen and oxygen atoms in total. The van der Waals surface area contributed by atoms with Gasteiger partial charge in [-0.15, -0.1) is 0 Å². The molecule has 1 fully saturated rings. The summed E-state index contributed by atoms with van der Waals surface area (Å²) in [5, 5.41) is 18.5. The molecule has 2 amide bonds. The Morgan fingerprint density at radius 1 is 1.50 bits per heavy atom. The second-order valence-corrected chi connectivity index (χ2v) is 4.88. The van der Waals surface area contributed by atoms with Gasteiger partial charge < -0.3 is 15.2 Å². The standard InChI is InChI=1S/C12H18N4O4/c1-16-5-2-9(15-16)14-11(19)13-8-12(10(17)18)3-6-20-7-4-12/h2,5H,3-4,6-8H2,1H3,(H,17,18)(H2,13,14,15,19). The maximum Gasteiger partial charge on any atom is 0.320 e. The van der Waals surface area contributed by atoms with E-state index >= 15 is 0 Å². The van der Waals surface area contributed by atoms with Crippen molar-refractivity contribution < 1.29 is 19.4 Å². The quantitative estimate of drug-likeness (QED) is 0.742. The van der Waals surface area contributed by atoms with Crippen molar-refractivity contribution in [3.8, 4) is 0 Å². The Balaban J connectivity index is 1.89. The van der Waals surface area contributed by atoms with Crippen LogP contribution in [0.5, 0.6) is 0 Å². The third kappa shape index (κ3) is 3.27. The fraction of sp³-hybridized carbons (Fsp3) is 0.583. The number of carbonyl (C=O) groups excluding carboxylic acids is 1. The highest BCUT2D eigenvalue weighted by molar-refractivity contribution is 5.88. The molecule has 2 heterocycles. The van der Waals surface area contributed by atoms with Gasteiger partial charge >= 0.3 is 12.0 Å². The highest BCUT2D eigenvalue weighted by atomic mass is 16.5. The monoisotopic (exact) mass is 282 g/mol. The Kier molecular flexibility index (Phi) is 4.23. The fourth-order valence-corrected chi connectivity index (χ4v) is 2.12. The summed E-state index contributed by atoms with van der Waals surface area (Å²) in [6.07, 6.45) is 2.49. The number of hydrogen-bond donors (Lipinski definition) is 3. The number of urea groups is 1. The minimum absolute atomic E-state index is 0.0738. The summed E-state index contributed by atoms with van der Waals surface area (Å²) in [4.78, 5) is 23.1. The number of aryl methyl sites for hydroxylation is 1. The Morgan fingerprint density at radius 2 is 2.20 bits per heavy atom. The normalized spacial score (nSPS) is 17.4. The first-order valence-corrected chi connectivity index (χ1v) is 6.37. The number of aromatic nitrogens is 2. The highest BCUT2D eigenvalue weighted by Gasteiger charge is 2.40. The van der Waals surface area contributed by atoms with E-state index in [-0.39, 0.29) is 6.54 Å². The van der Waals surface area contributed by atoms with E-state index < -0.39 is 17.4 Å². The Hall–Kier alpha value is -2.09. The van der Waals surface area contributed by atoms with Crippen LogP contribution in [0.2, 0.25) is 0 Å². The van der Waals surface area contributed by atoms with E-state index in [1.54, 1.807) is 24.0 Å². The largest absolute Gasteiger partial charge is 0.481 e. The van der Waals surface area contributed by atoms with Crippen LogP contribution < -0.4 is 10.6 Å². The molecule has 0 atom stereocenters. The number of ether oxygens (including phenoxy) is 1. The SMILES string of the molecule is Cn1ccc(NC(=O)NCC2(C(=O)O)CCOCC2)n1. The van der Waals surface area contributed by atoms with Crippen LogP contribution in [-0.4, -0.2) is 46.6 Å². The minimum Gasteiger partial charge on any atom is -0.481 e. The van der Waals surface area contributed by atoms with Gasteiger partial charge in [-0.25, -0.2) is 4.79 Å². The lowest BCUT2D eigenvalue weighted by atomic mass is 9.80. The van der Waals surface area contributed by atoms with E-state index in [2.05, 4.69) is 15.7 Å². The number of carboxylic acids is 1. The highest BCUT2D eigenvalue weighted by Crippen LogP contribution is 2.30. The number of amides is 2. The van der Waals surface area contributed by atoms with E-state index in [0.717, 1.165) is 0 Å². The van der Waals surface area contributed by atoms with Gasteiger partial charge in [0.15, 0.2) is 5.82 Å². The van der Waals surface area contributed by atoms with Gasteiger partial charge in [-0.05, 0) is 12.8 Å². The summed E-state index contributed by atoms with van der Waals surface area (Å²) in [5.41, 5.74) is -0.945. The van der Waals surface area contributed by atoms with Gasteiger partial charge in [0.05, 0.1) is 5.41 Å². The van der Waals surface area contributed by atoms with E-state index in [9.17, 15) is 14.7 Å². The molecule has 0 spiro atoms. The number of hydrogen-bond acceptors (Lipinski definition) is 4. The smallest absolute Gasteiger partial charge is 0.320 e. The van der Waals surface area contributed by atoms with E-state index in [0.29, 0.717) is 31.9 Å². The second-order valence-electron chi connectivity index (χ2n) is 4.88. The maximum atomic E-state index is 11.7. The molecule has 3 N–H and O–H groups in total. The summed E-state index contributed by atoms with van der Waals surface area (Å²) < 4.78 is 6.74. The van der Waals surface area contributed by atoms with Crippen LogP contribution in [-0.2, 0) is 16.6 Å². The molecular weight excluding hydrogens is 264 g/mol.